The molecule has 1 aromatic carbocycles. The van der Waals surface area contributed by atoms with Crippen molar-refractivity contribution in [1.82, 2.24) is 4.98 Å². The van der Waals surface area contributed by atoms with Crippen LogP contribution in [0.25, 0.3) is 0 Å². The van der Waals surface area contributed by atoms with E-state index in [4.69, 9.17) is 9.84 Å². The van der Waals surface area contributed by atoms with Crippen LogP contribution in [0.3, 0.4) is 0 Å². The standard InChI is InChI=1S/C21H21F4N3O2S.CH4O/c1-30-17-14(4-3-13(22)16(17)23)28-8-6-20(10-21(24,25)11-20)18(28)19(29)27-12-5-7-26-15(9-12)31-2;1-2/h3-5,7,9,18H,6,8,10-11H2,1-2H3,(H,26,27,29);2H,1H3. The molecule has 11 heteroatoms. The van der Waals surface area contributed by atoms with Gasteiger partial charge in [0.05, 0.1) is 17.8 Å². The summed E-state index contributed by atoms with van der Waals surface area (Å²) in [5.41, 5.74) is -0.318. The van der Waals surface area contributed by atoms with Gasteiger partial charge in [0.25, 0.3) is 0 Å². The van der Waals surface area contributed by atoms with Crippen LogP contribution in [0.2, 0.25) is 0 Å². The fraction of sp³-hybridized carbons (Fsp3) is 0.455. The van der Waals surface area contributed by atoms with Crippen molar-refractivity contribution in [1.29, 1.82) is 0 Å². The van der Waals surface area contributed by atoms with E-state index in [-0.39, 0.29) is 18.0 Å². The molecule has 1 amide bonds. The van der Waals surface area contributed by atoms with Gasteiger partial charge in [-0.25, -0.2) is 18.2 Å². The van der Waals surface area contributed by atoms with Gasteiger partial charge >= 0.3 is 0 Å². The molecule has 0 bridgehead atoms. The molecule has 1 saturated carbocycles. The van der Waals surface area contributed by atoms with Crippen LogP contribution in [-0.4, -0.2) is 55.0 Å². The first-order valence-electron chi connectivity index (χ1n) is 10.1. The predicted octanol–water partition coefficient (Wildman–Crippen LogP) is 4.33. The van der Waals surface area contributed by atoms with Gasteiger partial charge in [-0.15, -0.1) is 11.8 Å². The van der Waals surface area contributed by atoms with Crippen molar-refractivity contribution in [2.75, 3.05) is 37.2 Å². The molecule has 2 aromatic rings. The summed E-state index contributed by atoms with van der Waals surface area (Å²) in [7, 11) is 2.20. The number of anilines is 2. The van der Waals surface area contributed by atoms with E-state index in [1.165, 1.54) is 24.9 Å². The highest BCUT2D eigenvalue weighted by Crippen LogP contribution is 2.61. The number of alkyl halides is 2. The van der Waals surface area contributed by atoms with Crippen LogP contribution in [0, 0.1) is 17.0 Å². The molecule has 2 aliphatic rings. The Kier molecular flexibility index (Phi) is 7.42. The highest BCUT2D eigenvalue weighted by Gasteiger charge is 2.65. The third-order valence-electron chi connectivity index (χ3n) is 5.97. The zero-order valence-electron chi connectivity index (χ0n) is 18.4. The number of hydrogen-bond acceptors (Lipinski definition) is 6. The smallest absolute Gasteiger partial charge is 0.249 e. The number of methoxy groups -OCH3 is 1. The van der Waals surface area contributed by atoms with Gasteiger partial charge in [-0.3, -0.25) is 4.79 Å². The van der Waals surface area contributed by atoms with Crippen molar-refractivity contribution in [2.24, 2.45) is 5.41 Å². The minimum Gasteiger partial charge on any atom is -0.491 e. The maximum Gasteiger partial charge on any atom is 0.249 e. The second-order valence-electron chi connectivity index (χ2n) is 7.91. The summed E-state index contributed by atoms with van der Waals surface area (Å²) in [6, 6.07) is 4.55. The Balaban J connectivity index is 0.00000149. The second kappa shape index (κ2) is 9.76. The Labute approximate surface area is 193 Å². The van der Waals surface area contributed by atoms with Gasteiger partial charge < -0.3 is 20.1 Å². The largest absolute Gasteiger partial charge is 0.491 e. The van der Waals surface area contributed by atoms with Crippen molar-refractivity contribution in [3.8, 4) is 5.75 Å². The zero-order valence-corrected chi connectivity index (χ0v) is 19.2. The Morgan fingerprint density at radius 2 is 1.97 bits per heavy atom. The lowest BCUT2D eigenvalue weighted by molar-refractivity contribution is -0.166. The van der Waals surface area contributed by atoms with Gasteiger partial charge in [0.1, 0.15) is 6.04 Å². The first-order valence-corrected chi connectivity index (χ1v) is 11.3. The SMILES string of the molecule is CO.COc1c(N2CCC3(CC(F)(F)C3)C2C(=O)Nc2ccnc(SC)c2)ccc(F)c1F. The average molecular weight is 488 g/mol. The monoisotopic (exact) mass is 487 g/mol. The van der Waals surface area contributed by atoms with Crippen LogP contribution in [0.5, 0.6) is 5.75 Å². The topological polar surface area (TPSA) is 74.7 Å². The van der Waals surface area contributed by atoms with E-state index in [0.29, 0.717) is 17.1 Å². The number of thioether (sulfide) groups is 1. The number of carbonyl (C=O) groups is 1. The van der Waals surface area contributed by atoms with Gasteiger partial charge in [0, 0.05) is 43.8 Å². The summed E-state index contributed by atoms with van der Waals surface area (Å²) in [5.74, 6) is -5.97. The van der Waals surface area contributed by atoms with E-state index in [9.17, 15) is 22.4 Å². The molecule has 1 aliphatic carbocycles. The van der Waals surface area contributed by atoms with Crippen molar-refractivity contribution >= 4 is 29.0 Å². The number of hydrogen-bond donors (Lipinski definition) is 2. The quantitative estimate of drug-likeness (QED) is 0.483. The molecule has 180 valence electrons. The molecule has 1 aromatic heterocycles. The zero-order chi connectivity index (χ0) is 24.4. The summed E-state index contributed by atoms with van der Waals surface area (Å²) >= 11 is 1.40. The number of pyridine rings is 1. The fourth-order valence-electron chi connectivity index (χ4n) is 4.72. The van der Waals surface area contributed by atoms with Crippen LogP contribution in [-0.2, 0) is 4.79 Å². The highest BCUT2D eigenvalue weighted by atomic mass is 32.2. The van der Waals surface area contributed by atoms with Crippen LogP contribution in [0.4, 0.5) is 28.9 Å². The van der Waals surface area contributed by atoms with E-state index >= 15 is 0 Å². The number of nitrogens with zero attached hydrogens (tertiary/aromatic N) is 2. The molecular formula is C22H25F4N3O3S. The summed E-state index contributed by atoms with van der Waals surface area (Å²) < 4.78 is 60.9. The number of rotatable bonds is 5. The lowest BCUT2D eigenvalue weighted by atomic mass is 9.61. The molecule has 1 unspecified atom stereocenters. The molecule has 2 fully saturated rings. The number of halogens is 4. The Morgan fingerprint density at radius 3 is 2.58 bits per heavy atom. The first kappa shape index (κ1) is 25.1. The number of amides is 1. The van der Waals surface area contributed by atoms with E-state index in [0.717, 1.165) is 13.2 Å². The van der Waals surface area contributed by atoms with Crippen LogP contribution < -0.4 is 15.0 Å². The van der Waals surface area contributed by atoms with Gasteiger partial charge in [-0.05, 0) is 36.9 Å². The average Bonchev–Trinajstić information content (AvgIpc) is 3.15. The lowest BCUT2D eigenvalue weighted by Crippen LogP contribution is -2.57. The van der Waals surface area contributed by atoms with Crippen molar-refractivity contribution in [3.05, 3.63) is 42.1 Å². The normalized spacial score (nSPS) is 20.0. The number of carbonyl (C=O) groups excluding carboxylic acids is 1. The van der Waals surface area contributed by atoms with E-state index in [1.54, 1.807) is 23.2 Å². The number of aliphatic hydroxyl groups excluding tert-OH is 1. The molecule has 1 aliphatic heterocycles. The summed E-state index contributed by atoms with van der Waals surface area (Å²) in [5, 5.41) is 10.5. The highest BCUT2D eigenvalue weighted by molar-refractivity contribution is 7.98. The maximum atomic E-state index is 14.3. The Hall–Kier alpha value is -2.53. The van der Waals surface area contributed by atoms with Crippen LogP contribution in [0.15, 0.2) is 35.5 Å². The second-order valence-corrected chi connectivity index (χ2v) is 8.73. The number of nitrogens with one attached hydrogen (secondary N) is 1. The number of aliphatic hydroxyl groups is 1. The minimum absolute atomic E-state index is 0.160. The third-order valence-corrected chi connectivity index (χ3v) is 6.61. The van der Waals surface area contributed by atoms with Crippen LogP contribution >= 0.6 is 11.8 Å². The summed E-state index contributed by atoms with van der Waals surface area (Å²) in [6.07, 6.45) is 2.84. The van der Waals surface area contributed by atoms with E-state index in [2.05, 4.69) is 10.3 Å². The molecule has 1 saturated heterocycles. The summed E-state index contributed by atoms with van der Waals surface area (Å²) in [6.45, 7) is 0.238. The molecule has 6 nitrogen and oxygen atoms in total. The first-order chi connectivity index (χ1) is 15.7. The molecule has 2 N–H and O–H groups in total. The van der Waals surface area contributed by atoms with Crippen LogP contribution in [0.1, 0.15) is 19.3 Å². The van der Waals surface area contributed by atoms with E-state index < -0.39 is 47.8 Å². The molecule has 0 radical (unpaired) electrons. The van der Waals surface area contributed by atoms with Gasteiger partial charge in [0.2, 0.25) is 17.6 Å². The molecule has 1 spiro atoms. The van der Waals surface area contributed by atoms with Gasteiger partial charge in [-0.1, -0.05) is 0 Å². The van der Waals surface area contributed by atoms with Crippen molar-refractivity contribution in [2.45, 2.75) is 36.3 Å². The van der Waals surface area contributed by atoms with Gasteiger partial charge in [0.15, 0.2) is 11.6 Å². The molecular weight excluding hydrogens is 462 g/mol. The Bertz CT molecular complexity index is 1020. The minimum atomic E-state index is -2.85. The van der Waals surface area contributed by atoms with Gasteiger partial charge in [-0.2, -0.15) is 4.39 Å². The molecule has 1 atom stereocenters. The maximum absolute atomic E-state index is 14.3. The third kappa shape index (κ3) is 4.74. The molecule has 4 rings (SSSR count). The van der Waals surface area contributed by atoms with Crippen molar-refractivity contribution in [3.63, 3.8) is 0 Å². The fourth-order valence-corrected chi connectivity index (χ4v) is 5.13. The number of ether oxygens (including phenoxy) is 1. The number of aromatic nitrogens is 1. The van der Waals surface area contributed by atoms with Crippen molar-refractivity contribution < 1.29 is 32.2 Å². The lowest BCUT2D eigenvalue weighted by Gasteiger charge is -2.48. The number of benzene rings is 1. The molecule has 2 heterocycles. The Morgan fingerprint density at radius 1 is 1.27 bits per heavy atom. The summed E-state index contributed by atoms with van der Waals surface area (Å²) in [4.78, 5) is 19.0. The van der Waals surface area contributed by atoms with E-state index in [1.807, 2.05) is 6.26 Å². The molecule has 33 heavy (non-hydrogen) atoms. The predicted molar refractivity (Wildman–Crippen MR) is 118 cm³/mol.